The summed E-state index contributed by atoms with van der Waals surface area (Å²) in [5.74, 6) is 0. The Hall–Kier alpha value is 0.130. The van der Waals surface area contributed by atoms with E-state index in [4.69, 9.17) is 0 Å². The topological polar surface area (TPSA) is 0 Å². The van der Waals surface area contributed by atoms with Crippen LogP contribution in [0.15, 0.2) is 30.3 Å². The van der Waals surface area contributed by atoms with Crippen LogP contribution in [0, 0.1) is 17.4 Å². The van der Waals surface area contributed by atoms with Crippen LogP contribution in [0.5, 0.6) is 0 Å². The first-order valence-electron chi connectivity index (χ1n) is 5.04. The molecule has 0 nitrogen and oxygen atoms in total. The van der Waals surface area contributed by atoms with Gasteiger partial charge < -0.3 is 0 Å². The molecule has 0 radical (unpaired) electrons. The number of aryl methyl sites for hydroxylation is 2. The van der Waals surface area contributed by atoms with Crippen LogP contribution in [0.3, 0.4) is 0 Å². The molecule has 1 aromatic heterocycles. The van der Waals surface area contributed by atoms with Crippen LogP contribution in [0.4, 0.5) is 0 Å². The van der Waals surface area contributed by atoms with E-state index in [0.29, 0.717) is 4.83 Å². The van der Waals surface area contributed by atoms with Crippen LogP contribution < -0.4 is 0 Å². The van der Waals surface area contributed by atoms with Crippen molar-refractivity contribution < 1.29 is 0 Å². The molecule has 2 aromatic rings. The zero-order valence-electron chi connectivity index (χ0n) is 9.13. The fourth-order valence-electron chi connectivity index (χ4n) is 1.69. The lowest BCUT2D eigenvalue weighted by Gasteiger charge is -2.09. The van der Waals surface area contributed by atoms with Gasteiger partial charge in [0.15, 0.2) is 0 Å². The summed E-state index contributed by atoms with van der Waals surface area (Å²) < 4.78 is 1.28. The van der Waals surface area contributed by atoms with Crippen LogP contribution >= 0.6 is 49.9 Å². The van der Waals surface area contributed by atoms with Gasteiger partial charge in [0.05, 0.1) is 4.83 Å². The van der Waals surface area contributed by atoms with Gasteiger partial charge in [-0.1, -0.05) is 28.1 Å². The lowest BCUT2D eigenvalue weighted by atomic mass is 10.1. The van der Waals surface area contributed by atoms with Crippen molar-refractivity contribution in [3.8, 4) is 0 Å². The van der Waals surface area contributed by atoms with E-state index in [0.717, 1.165) is 0 Å². The highest BCUT2D eigenvalue weighted by molar-refractivity contribution is 14.1. The molecule has 0 amide bonds. The van der Waals surface area contributed by atoms with E-state index in [1.807, 2.05) is 11.3 Å². The van der Waals surface area contributed by atoms with Crippen molar-refractivity contribution in [2.24, 2.45) is 0 Å². The van der Waals surface area contributed by atoms with E-state index in [1.165, 1.54) is 24.5 Å². The molecule has 16 heavy (non-hydrogen) atoms. The Morgan fingerprint density at radius 2 is 1.81 bits per heavy atom. The van der Waals surface area contributed by atoms with Crippen LogP contribution in [-0.4, -0.2) is 0 Å². The van der Waals surface area contributed by atoms with Crippen molar-refractivity contribution in [3.63, 3.8) is 0 Å². The third-order valence-corrected chi connectivity index (χ3v) is 5.70. The second-order valence-corrected chi connectivity index (χ2v) is 7.27. The number of alkyl halides is 1. The summed E-state index contributed by atoms with van der Waals surface area (Å²) >= 11 is 8.00. The van der Waals surface area contributed by atoms with Gasteiger partial charge in [0.2, 0.25) is 0 Å². The second kappa shape index (κ2) is 5.19. The predicted octanol–water partition coefficient (Wildman–Crippen LogP) is 5.45. The van der Waals surface area contributed by atoms with E-state index in [1.54, 1.807) is 0 Å². The number of benzene rings is 1. The molecule has 0 spiro atoms. The normalized spacial score (nSPS) is 12.8. The molecule has 2 rings (SSSR count). The molecule has 0 bridgehead atoms. The zero-order chi connectivity index (χ0) is 11.7. The SMILES string of the molecule is Cc1cc(C)c(C(Br)c2ccc(I)cc2)s1. The van der Waals surface area contributed by atoms with Crippen LogP contribution in [-0.2, 0) is 0 Å². The average Bonchev–Trinajstić information content (AvgIpc) is 2.58. The minimum atomic E-state index is 0.322. The Morgan fingerprint density at radius 3 is 2.31 bits per heavy atom. The molecule has 84 valence electrons. The number of hydrogen-bond donors (Lipinski definition) is 0. The van der Waals surface area contributed by atoms with Gasteiger partial charge in [-0.3, -0.25) is 0 Å². The first kappa shape index (κ1) is 12.6. The maximum atomic E-state index is 3.79. The molecule has 1 aromatic carbocycles. The maximum Gasteiger partial charge on any atom is 0.0740 e. The largest absolute Gasteiger partial charge is 0.144 e. The van der Waals surface area contributed by atoms with E-state index in [9.17, 15) is 0 Å². The molecule has 0 fully saturated rings. The van der Waals surface area contributed by atoms with Crippen molar-refractivity contribution in [1.29, 1.82) is 0 Å². The number of hydrogen-bond acceptors (Lipinski definition) is 1. The first-order valence-corrected chi connectivity index (χ1v) is 7.85. The number of rotatable bonds is 2. The van der Waals surface area contributed by atoms with E-state index >= 15 is 0 Å². The van der Waals surface area contributed by atoms with Crippen molar-refractivity contribution in [2.75, 3.05) is 0 Å². The molecule has 0 aliphatic heterocycles. The standard InChI is InChI=1S/C13H12BrIS/c1-8-7-9(2)16-13(8)12(14)10-3-5-11(15)6-4-10/h3-7,12H,1-2H3. The molecule has 1 atom stereocenters. The molecule has 0 saturated carbocycles. The highest BCUT2D eigenvalue weighted by Crippen LogP contribution is 2.37. The Morgan fingerprint density at radius 1 is 1.19 bits per heavy atom. The van der Waals surface area contributed by atoms with Gasteiger partial charge in [-0.2, -0.15) is 0 Å². The van der Waals surface area contributed by atoms with Crippen LogP contribution in [0.2, 0.25) is 0 Å². The molecular weight excluding hydrogens is 395 g/mol. The van der Waals surface area contributed by atoms with Crippen molar-refractivity contribution >= 4 is 49.9 Å². The Labute approximate surface area is 122 Å². The molecule has 0 N–H and O–H groups in total. The van der Waals surface area contributed by atoms with Gasteiger partial charge in [0, 0.05) is 13.3 Å². The summed E-state index contributed by atoms with van der Waals surface area (Å²) in [6.07, 6.45) is 0. The molecular formula is C13H12BrIS. The summed E-state index contributed by atoms with van der Waals surface area (Å²) in [4.78, 5) is 3.12. The molecule has 3 heteroatoms. The summed E-state index contributed by atoms with van der Waals surface area (Å²) in [6, 6.07) is 10.9. The summed E-state index contributed by atoms with van der Waals surface area (Å²) in [5, 5.41) is 0. The summed E-state index contributed by atoms with van der Waals surface area (Å²) in [5.41, 5.74) is 2.70. The summed E-state index contributed by atoms with van der Waals surface area (Å²) in [6.45, 7) is 4.34. The predicted molar refractivity (Wildman–Crippen MR) is 83.7 cm³/mol. The van der Waals surface area contributed by atoms with Gasteiger partial charge in [-0.05, 0) is 65.8 Å². The van der Waals surface area contributed by atoms with E-state index < -0.39 is 0 Å². The summed E-state index contributed by atoms with van der Waals surface area (Å²) in [7, 11) is 0. The third-order valence-electron chi connectivity index (χ3n) is 2.47. The van der Waals surface area contributed by atoms with Crippen molar-refractivity contribution in [2.45, 2.75) is 18.7 Å². The van der Waals surface area contributed by atoms with Crippen molar-refractivity contribution in [1.82, 2.24) is 0 Å². The Kier molecular flexibility index (Phi) is 4.08. The van der Waals surface area contributed by atoms with Gasteiger partial charge >= 0.3 is 0 Å². The van der Waals surface area contributed by atoms with Gasteiger partial charge in [0.25, 0.3) is 0 Å². The van der Waals surface area contributed by atoms with Crippen molar-refractivity contribution in [3.05, 3.63) is 54.8 Å². The lowest BCUT2D eigenvalue weighted by molar-refractivity contribution is 1.19. The lowest BCUT2D eigenvalue weighted by Crippen LogP contribution is -1.91. The fourth-order valence-corrected chi connectivity index (χ4v) is 4.04. The fraction of sp³-hybridized carbons (Fsp3) is 0.231. The zero-order valence-corrected chi connectivity index (χ0v) is 13.7. The van der Waals surface area contributed by atoms with Crippen LogP contribution in [0.1, 0.15) is 25.7 Å². The molecule has 1 unspecified atom stereocenters. The van der Waals surface area contributed by atoms with Gasteiger partial charge in [-0.15, -0.1) is 11.3 Å². The third kappa shape index (κ3) is 2.68. The maximum absolute atomic E-state index is 3.79. The minimum absolute atomic E-state index is 0.322. The molecule has 0 aliphatic carbocycles. The van der Waals surface area contributed by atoms with Crippen LogP contribution in [0.25, 0.3) is 0 Å². The number of halogens is 2. The molecule has 0 saturated heterocycles. The monoisotopic (exact) mass is 406 g/mol. The molecule has 0 aliphatic rings. The highest BCUT2D eigenvalue weighted by atomic mass is 127. The average molecular weight is 407 g/mol. The number of thiophene rings is 1. The Bertz CT molecular complexity index is 487. The second-order valence-electron chi connectivity index (χ2n) is 3.82. The van der Waals surface area contributed by atoms with Gasteiger partial charge in [-0.25, -0.2) is 0 Å². The highest BCUT2D eigenvalue weighted by Gasteiger charge is 2.14. The Balaban J connectivity index is 2.35. The quantitative estimate of drug-likeness (QED) is 0.459. The van der Waals surface area contributed by atoms with E-state index in [2.05, 4.69) is 82.7 Å². The van der Waals surface area contributed by atoms with E-state index in [-0.39, 0.29) is 0 Å². The smallest absolute Gasteiger partial charge is 0.0740 e. The van der Waals surface area contributed by atoms with Gasteiger partial charge in [0.1, 0.15) is 0 Å². The minimum Gasteiger partial charge on any atom is -0.144 e. The first-order chi connectivity index (χ1) is 7.58. The molecule has 1 heterocycles.